The molecule has 0 heterocycles. The molecule has 31 heteroatoms. The molecule has 0 aliphatic carbocycles. The number of carbonyl (C=O) groups is 6. The predicted octanol–water partition coefficient (Wildman–Crippen LogP) is 9.21. The van der Waals surface area contributed by atoms with Crippen molar-refractivity contribution in [1.82, 2.24) is 31.9 Å². The maximum absolute atomic E-state index is 14.0. The largest absolute Gasteiger partial charge is 0.498 e. The number of isocyanates is 3. The predicted molar refractivity (Wildman–Crippen MR) is 318 cm³/mol. The average Bonchev–Trinajstić information content (AvgIpc) is 2.56. The second kappa shape index (κ2) is 55.5. The Balaban J connectivity index is 7.53. The highest BCUT2D eigenvalue weighted by Gasteiger charge is 2.44. The van der Waals surface area contributed by atoms with E-state index in [4.69, 9.17) is 33.2 Å². The van der Waals surface area contributed by atoms with Gasteiger partial charge in [-0.25, -0.2) is 53.1 Å². The summed E-state index contributed by atoms with van der Waals surface area (Å²) in [6, 6.07) is 5.83. The minimum atomic E-state index is -2.33. The first kappa shape index (κ1) is 78.6. The molecule has 0 aromatic carbocycles. The zero-order valence-corrected chi connectivity index (χ0v) is 50.5. The topological polar surface area (TPSA) is 410 Å². The molecule has 0 saturated heterocycles. The van der Waals surface area contributed by atoms with Gasteiger partial charge in [0, 0.05) is 41.2 Å². The van der Waals surface area contributed by atoms with E-state index < -0.39 is 99.6 Å². The third-order valence-corrected chi connectivity index (χ3v) is 12.5. The van der Waals surface area contributed by atoms with Crippen molar-refractivity contribution in [3.05, 3.63) is 30.6 Å². The van der Waals surface area contributed by atoms with Crippen molar-refractivity contribution >= 4 is 54.8 Å². The molecular formula is C56H90N12O19. The molecule has 0 aliphatic rings. The third-order valence-electron chi connectivity index (χ3n) is 12.5. The Kier molecular flexibility index (Phi) is 50.1. The Bertz CT molecular complexity index is 2190. The number of rotatable bonds is 51. The van der Waals surface area contributed by atoms with Crippen LogP contribution < -0.4 is 31.9 Å². The lowest BCUT2D eigenvalue weighted by molar-refractivity contribution is -0.150. The Hall–Kier alpha value is -8.41. The molecule has 6 amide bonds. The number of hydrogen-bond acceptors (Lipinski definition) is 22. The van der Waals surface area contributed by atoms with Crippen LogP contribution in [-0.2, 0) is 47.5 Å². The Labute approximate surface area is 508 Å². The number of carbonyl (C=O) groups excluding carboxylic acids is 9. The van der Waals surface area contributed by atoms with Gasteiger partial charge in [-0.1, -0.05) is 97.3 Å². The van der Waals surface area contributed by atoms with Crippen LogP contribution in [0.25, 0.3) is 15.0 Å². The Morgan fingerprint density at radius 1 is 0.437 bits per heavy atom. The van der Waals surface area contributed by atoms with Crippen molar-refractivity contribution in [1.29, 1.82) is 0 Å². The number of unbranched alkanes of at least 4 members (excludes halogenated alkanes) is 18. The van der Waals surface area contributed by atoms with E-state index in [0.29, 0.717) is 154 Å². The van der Waals surface area contributed by atoms with E-state index in [2.05, 4.69) is 80.1 Å². The molecule has 0 radical (unpaired) electrons. The van der Waals surface area contributed by atoms with Gasteiger partial charge in [0.2, 0.25) is 29.4 Å². The van der Waals surface area contributed by atoms with Gasteiger partial charge in [0.15, 0.2) is 6.04 Å². The monoisotopic (exact) mass is 1230 g/mol. The van der Waals surface area contributed by atoms with Crippen LogP contribution in [0.5, 0.6) is 0 Å². The number of hydrogen-bond donors (Lipinski definition) is 6. The fraction of sp³-hybridized carbons (Fsp3) is 0.786. The minimum absolute atomic E-state index is 0.115. The molecule has 0 bridgehead atoms. The van der Waals surface area contributed by atoms with E-state index in [0.717, 1.165) is 12.8 Å². The molecule has 31 nitrogen and oxygen atoms in total. The zero-order chi connectivity index (χ0) is 64.2. The SMILES string of the molecule is CCCCCC(C#[N+][O-])NC(=O)OC(COCC(COC(=O)NCCCCCCN=C=O)(COC(=O)NCCCCCCN=C=O)OC(=O)NC(CCCCC)N=C=O)(COC(=O)NCCCCCCC#[N+][O-])COC(=O)NCCCCCCC#[N+][O-]. The number of alkyl carbamates (subject to hydrolysis) is 6. The van der Waals surface area contributed by atoms with Crippen LogP contribution in [0.1, 0.15) is 181 Å². The van der Waals surface area contributed by atoms with E-state index in [-0.39, 0.29) is 39.0 Å². The van der Waals surface area contributed by atoms with E-state index in [1.807, 2.05) is 13.8 Å². The van der Waals surface area contributed by atoms with Crippen LogP contribution in [0, 0.1) is 33.8 Å². The van der Waals surface area contributed by atoms with Gasteiger partial charge in [-0.3, -0.25) is 5.32 Å². The summed E-state index contributed by atoms with van der Waals surface area (Å²) in [5.41, 5.74) is -4.66. The van der Waals surface area contributed by atoms with Crippen molar-refractivity contribution in [2.45, 2.75) is 204 Å². The van der Waals surface area contributed by atoms with Gasteiger partial charge in [-0.05, 0) is 70.6 Å². The fourth-order valence-electron chi connectivity index (χ4n) is 7.87. The summed E-state index contributed by atoms with van der Waals surface area (Å²) in [7, 11) is 0. The maximum Gasteiger partial charge on any atom is 0.409 e. The highest BCUT2D eigenvalue weighted by molar-refractivity contribution is 5.71. The van der Waals surface area contributed by atoms with Crippen LogP contribution in [0.2, 0.25) is 0 Å². The van der Waals surface area contributed by atoms with Gasteiger partial charge in [0.05, 0.1) is 39.1 Å². The summed E-state index contributed by atoms with van der Waals surface area (Å²) in [5, 5.41) is 55.4. The van der Waals surface area contributed by atoms with Gasteiger partial charge in [-0.2, -0.15) is 4.99 Å². The first-order valence-corrected chi connectivity index (χ1v) is 29.8. The lowest BCUT2D eigenvalue weighted by atomic mass is 10.1. The zero-order valence-electron chi connectivity index (χ0n) is 50.5. The molecule has 87 heavy (non-hydrogen) atoms. The summed E-state index contributed by atoms with van der Waals surface area (Å²) in [4.78, 5) is 125. The molecular weight excluding hydrogens is 1140 g/mol. The molecule has 0 aliphatic heterocycles. The summed E-state index contributed by atoms with van der Waals surface area (Å²) >= 11 is 0. The fourth-order valence-corrected chi connectivity index (χ4v) is 7.87. The molecule has 488 valence electrons. The van der Waals surface area contributed by atoms with Gasteiger partial charge in [0.1, 0.15) is 32.6 Å². The van der Waals surface area contributed by atoms with Crippen molar-refractivity contribution in [3.63, 3.8) is 0 Å². The lowest BCUT2D eigenvalue weighted by Crippen LogP contribution is -2.56. The molecule has 0 saturated carbocycles. The van der Waals surface area contributed by atoms with E-state index in [9.17, 15) is 58.8 Å². The third kappa shape index (κ3) is 46.6. The van der Waals surface area contributed by atoms with Crippen molar-refractivity contribution in [2.75, 3.05) is 78.9 Å². The lowest BCUT2D eigenvalue weighted by Gasteiger charge is -2.35. The number of nitrogens with zero attached hydrogens (tertiary/aromatic N) is 6. The number of ether oxygens (including phenoxy) is 7. The average molecular weight is 1240 g/mol. The number of nitrogens with one attached hydrogen (secondary N) is 6. The van der Waals surface area contributed by atoms with Crippen LogP contribution >= 0.6 is 0 Å². The van der Waals surface area contributed by atoms with Gasteiger partial charge in [-0.15, -0.1) is 0 Å². The smallest absolute Gasteiger partial charge is 0.409 e. The minimum Gasteiger partial charge on any atom is -0.498 e. The van der Waals surface area contributed by atoms with E-state index in [1.165, 1.54) is 18.2 Å². The van der Waals surface area contributed by atoms with E-state index >= 15 is 0 Å². The first-order valence-electron chi connectivity index (χ1n) is 29.8. The molecule has 0 aromatic heterocycles. The second-order valence-corrected chi connectivity index (χ2v) is 20.0. The summed E-state index contributed by atoms with van der Waals surface area (Å²) in [6.45, 7) is -0.489. The van der Waals surface area contributed by atoms with Gasteiger partial charge < -0.3 is 75.4 Å². The molecule has 6 N–H and O–H groups in total. The molecule has 0 spiro atoms. The maximum atomic E-state index is 14.0. The van der Waals surface area contributed by atoms with Crippen molar-refractivity contribution in [2.24, 2.45) is 15.0 Å². The quantitative estimate of drug-likeness (QED) is 0.0109. The van der Waals surface area contributed by atoms with Crippen molar-refractivity contribution in [3.8, 4) is 18.2 Å². The van der Waals surface area contributed by atoms with E-state index in [1.54, 1.807) is 0 Å². The highest BCUT2D eigenvalue weighted by atomic mass is 16.7. The van der Waals surface area contributed by atoms with Crippen LogP contribution in [0.4, 0.5) is 28.8 Å². The van der Waals surface area contributed by atoms with Crippen LogP contribution in [0.15, 0.2) is 15.0 Å². The Morgan fingerprint density at radius 2 is 0.816 bits per heavy atom. The standard InChI is InChI=1S/C56H90N12O19/c1-3-5-17-27-47(37-66-80)67-53(76)86-55(40-82-49(72)59-31-21-9-7-11-25-35-64-78,41-83-50(73)60-32-22-10-8-12-26-36-65-79)38-81-39-56(87-54(77)68-48(63-46-71)28-18-6-4-2,42-84-51(74)61-33-23-15-13-19-29-57-44-69)43-85-52(75)62-34-24-16-14-20-30-58-45-70/h47-48H,3-34,38-43H2,1-2H3,(H,59,72)(H,60,73)(H,61,74)(H,62,75)(H,67,76)(H,68,77). The van der Waals surface area contributed by atoms with Crippen LogP contribution in [-0.4, -0.2) is 157 Å². The molecule has 0 aromatic rings. The summed E-state index contributed by atoms with van der Waals surface area (Å²) < 4.78 is 40.5. The second-order valence-electron chi connectivity index (χ2n) is 20.0. The normalized spacial score (nSPS) is 11.7. The Morgan fingerprint density at radius 3 is 1.18 bits per heavy atom. The van der Waals surface area contributed by atoms with Gasteiger partial charge >= 0.3 is 42.6 Å². The van der Waals surface area contributed by atoms with Gasteiger partial charge in [0.25, 0.3) is 12.1 Å². The molecule has 0 rings (SSSR count). The molecule has 2 unspecified atom stereocenters. The molecule has 2 atom stereocenters. The highest BCUT2D eigenvalue weighted by Crippen LogP contribution is 2.22. The first-order chi connectivity index (χ1) is 42.3. The summed E-state index contributed by atoms with van der Waals surface area (Å²) in [6.07, 6.45) is 11.5. The summed E-state index contributed by atoms with van der Waals surface area (Å²) in [5.74, 6) is 0. The van der Waals surface area contributed by atoms with Crippen molar-refractivity contribution < 1.29 is 76.3 Å². The number of amides is 6. The molecule has 0 fully saturated rings. The number of aliphatic imine (C=N–C) groups is 3. The van der Waals surface area contributed by atoms with Crippen LogP contribution in [0.3, 0.4) is 0 Å².